The van der Waals surface area contributed by atoms with Crippen molar-refractivity contribution in [2.24, 2.45) is 5.11 Å². The Morgan fingerprint density at radius 1 is 1.50 bits per heavy atom. The fourth-order valence-corrected chi connectivity index (χ4v) is 1.01. The molecule has 0 saturated carbocycles. The molecule has 0 atom stereocenters. The molecule has 0 aromatic heterocycles. The lowest BCUT2D eigenvalue weighted by Crippen LogP contribution is -2.17. The zero-order valence-electron chi connectivity index (χ0n) is 7.64. The Balaban J connectivity index is 3.26. The van der Waals surface area contributed by atoms with Crippen molar-refractivity contribution in [3.05, 3.63) is 33.5 Å². The number of rotatable bonds is 2. The number of azide groups is 1. The molecule has 0 aromatic carbocycles. The standard InChI is InChI=1S/C8H7N3O3/c1-4-5(12)3-6(14-2)8(13)7(4)10-11-9/h3H,1-2H3. The summed E-state index contributed by atoms with van der Waals surface area (Å²) in [5, 5.41) is 3.16. The summed E-state index contributed by atoms with van der Waals surface area (Å²) in [6, 6.07) is 0. The van der Waals surface area contributed by atoms with Gasteiger partial charge in [0.15, 0.2) is 11.5 Å². The Labute approximate surface area is 79.5 Å². The summed E-state index contributed by atoms with van der Waals surface area (Å²) in [6.07, 6.45) is 1.08. The van der Waals surface area contributed by atoms with E-state index in [1.165, 1.54) is 14.0 Å². The minimum Gasteiger partial charge on any atom is -0.493 e. The van der Waals surface area contributed by atoms with E-state index in [2.05, 4.69) is 14.8 Å². The molecule has 1 rings (SSSR count). The van der Waals surface area contributed by atoms with Crippen LogP contribution < -0.4 is 0 Å². The third kappa shape index (κ3) is 1.51. The third-order valence-corrected chi connectivity index (χ3v) is 1.79. The molecule has 14 heavy (non-hydrogen) atoms. The van der Waals surface area contributed by atoms with Crippen molar-refractivity contribution in [1.29, 1.82) is 0 Å². The molecule has 0 saturated heterocycles. The second-order valence-corrected chi connectivity index (χ2v) is 2.57. The number of carbonyl (C=O) groups excluding carboxylic acids is 2. The summed E-state index contributed by atoms with van der Waals surface area (Å²) >= 11 is 0. The van der Waals surface area contributed by atoms with E-state index in [4.69, 9.17) is 5.53 Å². The molecule has 6 nitrogen and oxygen atoms in total. The molecule has 6 heteroatoms. The maximum Gasteiger partial charge on any atom is 0.230 e. The van der Waals surface area contributed by atoms with Crippen LogP contribution in [0.25, 0.3) is 10.4 Å². The quantitative estimate of drug-likeness (QED) is 0.286. The molecule has 0 bridgehead atoms. The average Bonchev–Trinajstić information content (AvgIpc) is 2.18. The van der Waals surface area contributed by atoms with Gasteiger partial charge in [-0.1, -0.05) is 5.11 Å². The topological polar surface area (TPSA) is 92.1 Å². The van der Waals surface area contributed by atoms with Crippen LogP contribution in [-0.4, -0.2) is 18.7 Å². The first-order chi connectivity index (χ1) is 6.61. The largest absolute Gasteiger partial charge is 0.493 e. The van der Waals surface area contributed by atoms with Gasteiger partial charge in [0.05, 0.1) is 12.8 Å². The number of ketones is 2. The van der Waals surface area contributed by atoms with Gasteiger partial charge in [0.25, 0.3) is 0 Å². The highest BCUT2D eigenvalue weighted by Gasteiger charge is 2.25. The van der Waals surface area contributed by atoms with Crippen LogP contribution in [0.1, 0.15) is 6.92 Å². The van der Waals surface area contributed by atoms with Gasteiger partial charge < -0.3 is 4.74 Å². The molecule has 0 N–H and O–H groups in total. The highest BCUT2D eigenvalue weighted by atomic mass is 16.5. The van der Waals surface area contributed by atoms with Crippen LogP contribution in [0.5, 0.6) is 0 Å². The van der Waals surface area contributed by atoms with Gasteiger partial charge >= 0.3 is 0 Å². The molecular formula is C8H7N3O3. The van der Waals surface area contributed by atoms with Gasteiger partial charge in [0.1, 0.15) is 0 Å². The van der Waals surface area contributed by atoms with Crippen molar-refractivity contribution in [2.45, 2.75) is 6.92 Å². The number of hydrogen-bond donors (Lipinski definition) is 0. The van der Waals surface area contributed by atoms with E-state index < -0.39 is 5.78 Å². The normalized spacial score (nSPS) is 16.3. The molecule has 0 radical (unpaired) electrons. The van der Waals surface area contributed by atoms with Crippen LogP contribution in [0.15, 0.2) is 28.2 Å². The Bertz CT molecular complexity index is 414. The van der Waals surface area contributed by atoms with Crippen LogP contribution >= 0.6 is 0 Å². The zero-order chi connectivity index (χ0) is 10.7. The van der Waals surface area contributed by atoms with E-state index in [9.17, 15) is 9.59 Å². The minimum atomic E-state index is -0.567. The van der Waals surface area contributed by atoms with Crippen molar-refractivity contribution >= 4 is 11.6 Å². The summed E-state index contributed by atoms with van der Waals surface area (Å²) in [4.78, 5) is 25.2. The molecule has 1 aliphatic rings. The van der Waals surface area contributed by atoms with Crippen LogP contribution in [0, 0.1) is 0 Å². The number of hydrogen-bond acceptors (Lipinski definition) is 4. The number of methoxy groups -OCH3 is 1. The van der Waals surface area contributed by atoms with E-state index in [1.807, 2.05) is 0 Å². The predicted octanol–water partition coefficient (Wildman–Crippen LogP) is 1.25. The molecule has 72 valence electrons. The minimum absolute atomic E-state index is 0.108. The van der Waals surface area contributed by atoms with Gasteiger partial charge in [-0.2, -0.15) is 0 Å². The lowest BCUT2D eigenvalue weighted by molar-refractivity contribution is -0.118. The molecule has 0 amide bonds. The Hall–Kier alpha value is -2.07. The van der Waals surface area contributed by atoms with Crippen molar-refractivity contribution < 1.29 is 14.3 Å². The first-order valence-electron chi connectivity index (χ1n) is 3.72. The molecule has 0 heterocycles. The van der Waals surface area contributed by atoms with Gasteiger partial charge in [-0.05, 0) is 12.5 Å². The van der Waals surface area contributed by atoms with E-state index >= 15 is 0 Å². The van der Waals surface area contributed by atoms with Crippen LogP contribution in [0.2, 0.25) is 0 Å². The van der Waals surface area contributed by atoms with Crippen LogP contribution in [0.4, 0.5) is 0 Å². The highest BCUT2D eigenvalue weighted by molar-refractivity contribution is 6.21. The van der Waals surface area contributed by atoms with Crippen molar-refractivity contribution in [2.75, 3.05) is 7.11 Å². The van der Waals surface area contributed by atoms with E-state index in [0.29, 0.717) is 0 Å². The maximum atomic E-state index is 11.4. The van der Waals surface area contributed by atoms with E-state index in [0.717, 1.165) is 6.08 Å². The van der Waals surface area contributed by atoms with Crippen LogP contribution in [0.3, 0.4) is 0 Å². The molecule has 1 aliphatic carbocycles. The molecular weight excluding hydrogens is 186 g/mol. The number of Topliss-reactive ketones (excluding diaryl/α,β-unsaturated/α-hetero) is 1. The molecule has 0 fully saturated rings. The molecule has 0 aliphatic heterocycles. The first kappa shape index (κ1) is 10.0. The number of carbonyl (C=O) groups is 2. The van der Waals surface area contributed by atoms with Gasteiger partial charge in [-0.25, -0.2) is 0 Å². The van der Waals surface area contributed by atoms with Gasteiger partial charge in [0, 0.05) is 16.6 Å². The molecule has 0 unspecified atom stereocenters. The lowest BCUT2D eigenvalue weighted by Gasteiger charge is -2.11. The zero-order valence-corrected chi connectivity index (χ0v) is 7.64. The van der Waals surface area contributed by atoms with Gasteiger partial charge in [0.2, 0.25) is 5.78 Å². The third-order valence-electron chi connectivity index (χ3n) is 1.79. The van der Waals surface area contributed by atoms with Crippen molar-refractivity contribution in [3.8, 4) is 0 Å². The van der Waals surface area contributed by atoms with E-state index in [1.54, 1.807) is 0 Å². The Kier molecular flexibility index (Phi) is 2.69. The first-order valence-corrected chi connectivity index (χ1v) is 3.72. The maximum absolute atomic E-state index is 11.4. The number of nitrogens with zero attached hydrogens (tertiary/aromatic N) is 3. The second-order valence-electron chi connectivity index (χ2n) is 2.57. The fourth-order valence-electron chi connectivity index (χ4n) is 1.01. The number of allylic oxidation sites excluding steroid dienone is 2. The summed E-state index contributed by atoms with van der Waals surface area (Å²) in [7, 11) is 1.27. The summed E-state index contributed by atoms with van der Waals surface area (Å²) in [5.74, 6) is -1.06. The van der Waals surface area contributed by atoms with Gasteiger partial charge in [-0.15, -0.1) is 0 Å². The lowest BCUT2D eigenvalue weighted by atomic mass is 10.0. The van der Waals surface area contributed by atoms with E-state index in [-0.39, 0.29) is 22.8 Å². The monoisotopic (exact) mass is 193 g/mol. The van der Waals surface area contributed by atoms with Crippen molar-refractivity contribution in [3.63, 3.8) is 0 Å². The fraction of sp³-hybridized carbons (Fsp3) is 0.250. The summed E-state index contributed by atoms with van der Waals surface area (Å²) < 4.78 is 4.67. The summed E-state index contributed by atoms with van der Waals surface area (Å²) in [5.41, 5.74) is 8.14. The predicted molar refractivity (Wildman–Crippen MR) is 47.0 cm³/mol. The Morgan fingerprint density at radius 3 is 2.64 bits per heavy atom. The second kappa shape index (κ2) is 3.76. The summed E-state index contributed by atoms with van der Waals surface area (Å²) in [6.45, 7) is 1.42. The average molecular weight is 193 g/mol. The smallest absolute Gasteiger partial charge is 0.230 e. The number of ether oxygens (including phenoxy) is 1. The SMILES string of the molecule is COC1=CC(=O)C(C)=C(N=[N+]=[N-])C1=O. The van der Waals surface area contributed by atoms with Gasteiger partial charge in [-0.3, -0.25) is 9.59 Å². The Morgan fingerprint density at radius 2 is 2.14 bits per heavy atom. The molecule has 0 spiro atoms. The molecule has 0 aromatic rings. The van der Waals surface area contributed by atoms with Crippen molar-refractivity contribution in [1.82, 2.24) is 0 Å². The highest BCUT2D eigenvalue weighted by Crippen LogP contribution is 2.20. The van der Waals surface area contributed by atoms with Crippen LogP contribution in [-0.2, 0) is 14.3 Å².